The molecule has 1 aromatic carbocycles. The number of carbonyl (C=O) groups is 4. The molecule has 1 aliphatic rings. The van der Waals surface area contributed by atoms with Crippen molar-refractivity contribution < 1.29 is 42.9 Å². The van der Waals surface area contributed by atoms with E-state index in [1.54, 1.807) is 6.07 Å². The van der Waals surface area contributed by atoms with Crippen LogP contribution in [0.2, 0.25) is 0 Å². The molecule has 176 valence electrons. The number of halogens is 1. The summed E-state index contributed by atoms with van der Waals surface area (Å²) < 4.78 is 27.4. The molecule has 0 aliphatic carbocycles. The van der Waals surface area contributed by atoms with Gasteiger partial charge in [0.25, 0.3) is 0 Å². The van der Waals surface area contributed by atoms with E-state index in [-0.39, 0.29) is 0 Å². The number of esters is 4. The summed E-state index contributed by atoms with van der Waals surface area (Å²) in [5.41, 5.74) is 2.71. The zero-order valence-corrected chi connectivity index (χ0v) is 20.2. The molecule has 1 aliphatic heterocycles. The number of hydrogen-bond donors (Lipinski definition) is 0. The summed E-state index contributed by atoms with van der Waals surface area (Å²) in [6, 6.07) is 5.59. The van der Waals surface area contributed by atoms with Gasteiger partial charge in [0.05, 0.1) is 0 Å². The van der Waals surface area contributed by atoms with Crippen molar-refractivity contribution in [3.05, 3.63) is 34.9 Å². The van der Waals surface area contributed by atoms with Gasteiger partial charge < -0.3 is 23.7 Å². The van der Waals surface area contributed by atoms with Gasteiger partial charge in [0.15, 0.2) is 12.2 Å². The highest BCUT2D eigenvalue weighted by molar-refractivity contribution is 9.08. The molecule has 0 aromatic heterocycles. The fourth-order valence-corrected chi connectivity index (χ4v) is 4.11. The second-order valence-electron chi connectivity index (χ2n) is 7.27. The van der Waals surface area contributed by atoms with Gasteiger partial charge in [-0.2, -0.15) is 0 Å². The van der Waals surface area contributed by atoms with Crippen LogP contribution in [0, 0.1) is 0 Å². The molecular weight excluding hydrogens is 488 g/mol. The number of alkyl halides is 1. The summed E-state index contributed by atoms with van der Waals surface area (Å²) in [6.45, 7) is 6.71. The Labute approximate surface area is 194 Å². The molecule has 1 aromatic rings. The minimum atomic E-state index is -1.39. The number of hydrogen-bond acceptors (Lipinski definition) is 9. The first-order chi connectivity index (χ1) is 15.1. The Hall–Kier alpha value is -2.46. The zero-order valence-electron chi connectivity index (χ0n) is 18.6. The number of rotatable bonds is 7. The lowest BCUT2D eigenvalue weighted by molar-refractivity contribution is -0.298. The molecule has 1 heterocycles. The Morgan fingerprint density at radius 3 is 1.84 bits per heavy atom. The molecule has 32 heavy (non-hydrogen) atoms. The van der Waals surface area contributed by atoms with Crippen LogP contribution in [0.15, 0.2) is 18.2 Å². The second kappa shape index (κ2) is 11.4. The maximum atomic E-state index is 11.9. The maximum Gasteiger partial charge on any atom is 0.305 e. The molecule has 0 spiro atoms. The third-order valence-electron chi connectivity index (χ3n) is 4.77. The highest BCUT2D eigenvalue weighted by Gasteiger charge is 2.53. The van der Waals surface area contributed by atoms with Crippen LogP contribution in [0.4, 0.5) is 0 Å². The number of ether oxygens (including phenoxy) is 5. The van der Waals surface area contributed by atoms with Crippen LogP contribution in [0.3, 0.4) is 0 Å². The zero-order chi connectivity index (χ0) is 24.0. The Kier molecular flexibility index (Phi) is 9.21. The van der Waals surface area contributed by atoms with Gasteiger partial charge in [-0.05, 0) is 23.1 Å². The van der Waals surface area contributed by atoms with Gasteiger partial charge in [-0.1, -0.05) is 41.1 Å². The maximum absolute atomic E-state index is 11.9. The van der Waals surface area contributed by atoms with Crippen molar-refractivity contribution in [2.45, 2.75) is 77.1 Å². The molecule has 5 atom stereocenters. The van der Waals surface area contributed by atoms with E-state index in [0.29, 0.717) is 10.9 Å². The van der Waals surface area contributed by atoms with Crippen molar-refractivity contribution in [1.29, 1.82) is 0 Å². The van der Waals surface area contributed by atoms with E-state index in [9.17, 15) is 19.2 Å². The standard InChI is InChI=1S/C22H27BrO9/c1-6-15-7-8-16(9-17(15)10-23)18-19(28-11(2)24)20(29-12(3)25)21(30-13(4)26)22(32-18)31-14(5)27/h7-9,18-22H,6,10H2,1-5H3/t18?,19-,20+,21-,22?/m0/s1. The Morgan fingerprint density at radius 1 is 0.812 bits per heavy atom. The van der Waals surface area contributed by atoms with Crippen molar-refractivity contribution in [3.8, 4) is 0 Å². The van der Waals surface area contributed by atoms with E-state index in [1.165, 1.54) is 20.8 Å². The van der Waals surface area contributed by atoms with Gasteiger partial charge in [0.1, 0.15) is 6.10 Å². The number of benzene rings is 1. The minimum absolute atomic E-state index is 0.575. The van der Waals surface area contributed by atoms with Gasteiger partial charge in [0.2, 0.25) is 12.4 Å². The van der Waals surface area contributed by atoms with Crippen LogP contribution >= 0.6 is 15.9 Å². The van der Waals surface area contributed by atoms with Crippen molar-refractivity contribution in [2.24, 2.45) is 0 Å². The minimum Gasteiger partial charge on any atom is -0.455 e. The molecule has 0 bridgehead atoms. The number of carbonyl (C=O) groups excluding carboxylic acids is 4. The molecule has 0 radical (unpaired) electrons. The van der Waals surface area contributed by atoms with Crippen molar-refractivity contribution in [3.63, 3.8) is 0 Å². The summed E-state index contributed by atoms with van der Waals surface area (Å²) in [6.07, 6.45) is -5.34. The average Bonchev–Trinajstić information content (AvgIpc) is 2.70. The first kappa shape index (κ1) is 25.8. The molecule has 0 saturated carbocycles. The molecule has 10 heteroatoms. The molecule has 2 rings (SSSR count). The van der Waals surface area contributed by atoms with Gasteiger partial charge in [-0.25, -0.2) is 0 Å². The Bertz CT molecular complexity index is 869. The van der Waals surface area contributed by atoms with Crippen molar-refractivity contribution >= 4 is 39.8 Å². The van der Waals surface area contributed by atoms with Gasteiger partial charge in [0, 0.05) is 33.0 Å². The largest absolute Gasteiger partial charge is 0.455 e. The van der Waals surface area contributed by atoms with Crippen LogP contribution in [-0.2, 0) is 54.6 Å². The molecule has 2 unspecified atom stereocenters. The Balaban J connectivity index is 2.61. The lowest BCUT2D eigenvalue weighted by Gasteiger charge is -2.44. The molecular formula is C22H27BrO9. The molecule has 0 amide bonds. The van der Waals surface area contributed by atoms with E-state index in [2.05, 4.69) is 15.9 Å². The van der Waals surface area contributed by atoms with E-state index in [1.807, 2.05) is 19.1 Å². The fourth-order valence-electron chi connectivity index (χ4n) is 3.59. The van der Waals surface area contributed by atoms with Crippen LogP contribution in [-0.4, -0.2) is 48.5 Å². The first-order valence-electron chi connectivity index (χ1n) is 10.1. The lowest BCUT2D eigenvalue weighted by atomic mass is 9.91. The molecule has 1 saturated heterocycles. The molecule has 1 fully saturated rings. The monoisotopic (exact) mass is 514 g/mol. The SMILES string of the molecule is CCc1ccc(C2OC(OC(C)=O)[C@@H](OC(C)=O)[C@H](OC(C)=O)[C@H]2OC(C)=O)cc1CBr. The predicted molar refractivity (Wildman–Crippen MR) is 114 cm³/mol. The predicted octanol–water partition coefficient (Wildman–Crippen LogP) is 2.90. The quantitative estimate of drug-likeness (QED) is 0.307. The van der Waals surface area contributed by atoms with Crippen molar-refractivity contribution in [1.82, 2.24) is 0 Å². The fraction of sp³-hybridized carbons (Fsp3) is 0.545. The van der Waals surface area contributed by atoms with E-state index >= 15 is 0 Å². The highest BCUT2D eigenvalue weighted by Crippen LogP contribution is 2.38. The van der Waals surface area contributed by atoms with E-state index < -0.39 is 54.6 Å². The normalized spacial score (nSPS) is 24.9. The van der Waals surface area contributed by atoms with Gasteiger partial charge in [-0.3, -0.25) is 19.2 Å². The summed E-state index contributed by atoms with van der Waals surface area (Å²) in [5.74, 6) is -2.77. The van der Waals surface area contributed by atoms with Crippen LogP contribution in [0.5, 0.6) is 0 Å². The van der Waals surface area contributed by atoms with Crippen LogP contribution in [0.25, 0.3) is 0 Å². The van der Waals surface area contributed by atoms with E-state index in [4.69, 9.17) is 23.7 Å². The highest BCUT2D eigenvalue weighted by atomic mass is 79.9. The van der Waals surface area contributed by atoms with Gasteiger partial charge in [-0.15, -0.1) is 0 Å². The van der Waals surface area contributed by atoms with Crippen LogP contribution < -0.4 is 0 Å². The first-order valence-corrected chi connectivity index (χ1v) is 11.2. The molecule has 9 nitrogen and oxygen atoms in total. The summed E-state index contributed by atoms with van der Waals surface area (Å²) >= 11 is 3.47. The second-order valence-corrected chi connectivity index (χ2v) is 7.83. The number of aryl methyl sites for hydroxylation is 1. The van der Waals surface area contributed by atoms with Gasteiger partial charge >= 0.3 is 23.9 Å². The third kappa shape index (κ3) is 6.52. The lowest BCUT2D eigenvalue weighted by Crippen LogP contribution is -2.59. The average molecular weight is 515 g/mol. The molecule has 0 N–H and O–H groups in total. The van der Waals surface area contributed by atoms with Crippen molar-refractivity contribution in [2.75, 3.05) is 0 Å². The third-order valence-corrected chi connectivity index (χ3v) is 5.37. The Morgan fingerprint density at radius 2 is 1.34 bits per heavy atom. The summed E-state index contributed by atoms with van der Waals surface area (Å²) in [7, 11) is 0. The summed E-state index contributed by atoms with van der Waals surface area (Å²) in [4.78, 5) is 47.2. The van der Waals surface area contributed by atoms with Crippen LogP contribution in [0.1, 0.15) is 57.4 Å². The van der Waals surface area contributed by atoms with E-state index in [0.717, 1.165) is 24.5 Å². The topological polar surface area (TPSA) is 114 Å². The summed E-state index contributed by atoms with van der Waals surface area (Å²) in [5, 5.41) is 0.575. The smallest absolute Gasteiger partial charge is 0.305 e.